The van der Waals surface area contributed by atoms with E-state index in [1.54, 1.807) is 0 Å². The Labute approximate surface area is 138 Å². The van der Waals surface area contributed by atoms with Gasteiger partial charge in [-0.1, -0.05) is 12.2 Å². The number of nitrogens with one attached hydrogen (secondary N) is 1. The minimum absolute atomic E-state index is 0.0162. The van der Waals surface area contributed by atoms with Gasteiger partial charge in [0.2, 0.25) is 0 Å². The minimum atomic E-state index is -0.636. The smallest absolute Gasteiger partial charge is 0.309 e. The van der Waals surface area contributed by atoms with Crippen LogP contribution in [0.3, 0.4) is 0 Å². The van der Waals surface area contributed by atoms with Crippen LogP contribution in [-0.2, 0) is 14.3 Å². The molecule has 0 fully saturated rings. The molecule has 0 saturated carbocycles. The SMILES string of the molecule is COc1ccc(NC(=O)COC(=O)C2CC=CCC2)c([N+](=O)[O-])c1. The van der Waals surface area contributed by atoms with Gasteiger partial charge in [0.1, 0.15) is 11.4 Å². The average molecular weight is 334 g/mol. The van der Waals surface area contributed by atoms with Crippen molar-refractivity contribution in [3.63, 3.8) is 0 Å². The highest BCUT2D eigenvalue weighted by molar-refractivity contribution is 5.95. The molecule has 1 amide bonds. The number of carbonyl (C=O) groups is 2. The number of carbonyl (C=O) groups excluding carboxylic acids is 2. The Hall–Kier alpha value is -2.90. The molecule has 1 aliphatic carbocycles. The van der Waals surface area contributed by atoms with Crippen LogP contribution in [0, 0.1) is 16.0 Å². The number of nitro benzene ring substituents is 1. The molecule has 1 N–H and O–H groups in total. The number of esters is 1. The lowest BCUT2D eigenvalue weighted by Gasteiger charge is -2.16. The van der Waals surface area contributed by atoms with Gasteiger partial charge < -0.3 is 14.8 Å². The van der Waals surface area contributed by atoms with Gasteiger partial charge >= 0.3 is 5.97 Å². The van der Waals surface area contributed by atoms with E-state index in [1.165, 1.54) is 25.3 Å². The van der Waals surface area contributed by atoms with Gasteiger partial charge in [0.15, 0.2) is 6.61 Å². The highest BCUT2D eigenvalue weighted by Gasteiger charge is 2.22. The molecule has 1 unspecified atom stereocenters. The van der Waals surface area contributed by atoms with Crippen molar-refractivity contribution in [1.82, 2.24) is 0 Å². The summed E-state index contributed by atoms with van der Waals surface area (Å²) >= 11 is 0. The van der Waals surface area contributed by atoms with Crippen molar-refractivity contribution in [1.29, 1.82) is 0 Å². The molecule has 1 aliphatic rings. The van der Waals surface area contributed by atoms with Crippen molar-refractivity contribution >= 4 is 23.3 Å². The lowest BCUT2D eigenvalue weighted by molar-refractivity contribution is -0.384. The monoisotopic (exact) mass is 334 g/mol. The third kappa shape index (κ3) is 4.55. The Bertz CT molecular complexity index is 671. The van der Waals surface area contributed by atoms with Crippen molar-refractivity contribution in [3.05, 3.63) is 40.5 Å². The summed E-state index contributed by atoms with van der Waals surface area (Å²) in [6.07, 6.45) is 6.02. The first-order chi connectivity index (χ1) is 11.5. The van der Waals surface area contributed by atoms with Gasteiger partial charge in [-0.2, -0.15) is 0 Å². The quantitative estimate of drug-likeness (QED) is 0.370. The van der Waals surface area contributed by atoms with E-state index in [2.05, 4.69) is 5.32 Å². The van der Waals surface area contributed by atoms with Crippen molar-refractivity contribution in [2.24, 2.45) is 5.92 Å². The molecule has 0 saturated heterocycles. The van der Waals surface area contributed by atoms with E-state index in [1.807, 2.05) is 12.2 Å². The lowest BCUT2D eigenvalue weighted by atomic mass is 9.95. The molecule has 8 heteroatoms. The first-order valence-electron chi connectivity index (χ1n) is 7.45. The number of hydrogen-bond donors (Lipinski definition) is 1. The van der Waals surface area contributed by atoms with E-state index in [0.717, 1.165) is 6.42 Å². The molecule has 8 nitrogen and oxygen atoms in total. The Morgan fingerprint density at radius 1 is 1.38 bits per heavy atom. The van der Waals surface area contributed by atoms with E-state index in [4.69, 9.17) is 9.47 Å². The number of nitrogens with zero attached hydrogens (tertiary/aromatic N) is 1. The lowest BCUT2D eigenvalue weighted by Crippen LogP contribution is -2.25. The average Bonchev–Trinajstić information content (AvgIpc) is 2.60. The van der Waals surface area contributed by atoms with Gasteiger partial charge in [-0.15, -0.1) is 0 Å². The molecule has 24 heavy (non-hydrogen) atoms. The van der Waals surface area contributed by atoms with Crippen molar-refractivity contribution in [3.8, 4) is 5.75 Å². The number of methoxy groups -OCH3 is 1. The Balaban J connectivity index is 1.93. The van der Waals surface area contributed by atoms with E-state index in [0.29, 0.717) is 18.6 Å². The van der Waals surface area contributed by atoms with Gasteiger partial charge in [-0.05, 0) is 31.4 Å². The number of anilines is 1. The van der Waals surface area contributed by atoms with E-state index < -0.39 is 23.4 Å². The third-order valence-electron chi connectivity index (χ3n) is 3.62. The zero-order valence-corrected chi connectivity index (χ0v) is 13.2. The van der Waals surface area contributed by atoms with E-state index in [9.17, 15) is 19.7 Å². The van der Waals surface area contributed by atoms with Crippen LogP contribution in [0.2, 0.25) is 0 Å². The molecule has 0 aromatic heterocycles. The van der Waals surface area contributed by atoms with Crippen molar-refractivity contribution in [2.75, 3.05) is 19.0 Å². The van der Waals surface area contributed by atoms with Crippen LogP contribution >= 0.6 is 0 Å². The molecular formula is C16H18N2O6. The molecular weight excluding hydrogens is 316 g/mol. The zero-order chi connectivity index (χ0) is 17.5. The number of benzene rings is 1. The fraction of sp³-hybridized carbons (Fsp3) is 0.375. The van der Waals surface area contributed by atoms with Crippen LogP contribution in [0.4, 0.5) is 11.4 Å². The maximum Gasteiger partial charge on any atom is 0.309 e. The summed E-state index contributed by atoms with van der Waals surface area (Å²) in [5.74, 6) is -1.00. The summed E-state index contributed by atoms with van der Waals surface area (Å²) < 4.78 is 9.90. The van der Waals surface area contributed by atoms with Crippen molar-refractivity contribution in [2.45, 2.75) is 19.3 Å². The minimum Gasteiger partial charge on any atom is -0.496 e. The van der Waals surface area contributed by atoms with Gasteiger partial charge in [0.05, 0.1) is 24.0 Å². The molecule has 2 rings (SSSR count). The van der Waals surface area contributed by atoms with Crippen molar-refractivity contribution < 1.29 is 24.0 Å². The van der Waals surface area contributed by atoms with Gasteiger partial charge in [-0.25, -0.2) is 0 Å². The Morgan fingerprint density at radius 2 is 2.17 bits per heavy atom. The van der Waals surface area contributed by atoms with E-state index >= 15 is 0 Å². The molecule has 1 aromatic rings. The number of ether oxygens (including phenoxy) is 2. The fourth-order valence-electron chi connectivity index (χ4n) is 2.34. The first kappa shape index (κ1) is 17.5. The molecule has 0 spiro atoms. The summed E-state index contributed by atoms with van der Waals surface area (Å²) in [6.45, 7) is -0.484. The fourth-order valence-corrected chi connectivity index (χ4v) is 2.34. The topological polar surface area (TPSA) is 108 Å². The Morgan fingerprint density at radius 3 is 2.79 bits per heavy atom. The van der Waals surface area contributed by atoms with Gasteiger partial charge in [0, 0.05) is 0 Å². The van der Waals surface area contributed by atoms with Gasteiger partial charge in [0.25, 0.3) is 11.6 Å². The van der Waals surface area contributed by atoms with E-state index in [-0.39, 0.29) is 17.3 Å². The first-order valence-corrected chi connectivity index (χ1v) is 7.45. The highest BCUT2D eigenvalue weighted by atomic mass is 16.6. The van der Waals surface area contributed by atoms with Crippen LogP contribution in [0.25, 0.3) is 0 Å². The molecule has 1 aromatic carbocycles. The second-order valence-corrected chi connectivity index (χ2v) is 5.28. The summed E-state index contributed by atoms with van der Waals surface area (Å²) in [6, 6.07) is 4.06. The maximum atomic E-state index is 11.9. The maximum absolute atomic E-state index is 11.9. The predicted molar refractivity (Wildman–Crippen MR) is 85.7 cm³/mol. The summed E-state index contributed by atoms with van der Waals surface area (Å²) in [7, 11) is 1.39. The summed E-state index contributed by atoms with van der Waals surface area (Å²) in [4.78, 5) is 34.2. The van der Waals surface area contributed by atoms with Crippen LogP contribution < -0.4 is 10.1 Å². The molecule has 128 valence electrons. The highest BCUT2D eigenvalue weighted by Crippen LogP contribution is 2.28. The number of allylic oxidation sites excluding steroid dienone is 2. The van der Waals surface area contributed by atoms with Crippen LogP contribution in [-0.4, -0.2) is 30.5 Å². The Kier molecular flexibility index (Phi) is 5.89. The molecule has 0 radical (unpaired) electrons. The number of rotatable bonds is 6. The predicted octanol–water partition coefficient (Wildman–Crippen LogP) is 2.44. The summed E-state index contributed by atoms with van der Waals surface area (Å²) in [5.41, 5.74) is -0.283. The summed E-state index contributed by atoms with van der Waals surface area (Å²) in [5, 5.41) is 13.4. The number of amides is 1. The normalized spacial score (nSPS) is 16.3. The van der Waals surface area contributed by atoms with Crippen LogP contribution in [0.1, 0.15) is 19.3 Å². The standard InChI is InChI=1S/C16H18N2O6/c1-23-12-7-8-13(14(9-12)18(21)22)17-15(19)10-24-16(20)11-5-3-2-4-6-11/h2-3,7-9,11H,4-6,10H2,1H3,(H,17,19). The zero-order valence-electron chi connectivity index (χ0n) is 13.2. The second-order valence-electron chi connectivity index (χ2n) is 5.28. The largest absolute Gasteiger partial charge is 0.496 e. The van der Waals surface area contributed by atoms with Crippen LogP contribution in [0.5, 0.6) is 5.75 Å². The molecule has 0 aliphatic heterocycles. The van der Waals surface area contributed by atoms with Crippen LogP contribution in [0.15, 0.2) is 30.4 Å². The number of nitro groups is 1. The molecule has 1 atom stereocenters. The number of hydrogen-bond acceptors (Lipinski definition) is 6. The van der Waals surface area contributed by atoms with Gasteiger partial charge in [-0.3, -0.25) is 19.7 Å². The molecule has 0 heterocycles. The second kappa shape index (κ2) is 8.09. The molecule has 0 bridgehead atoms. The third-order valence-corrected chi connectivity index (χ3v) is 3.62.